The predicted octanol–water partition coefficient (Wildman–Crippen LogP) is 7.64. The van der Waals surface area contributed by atoms with Gasteiger partial charge >= 0.3 is 5.97 Å². The number of hydrogen-bond donors (Lipinski definition) is 0. The molecule has 0 aromatic heterocycles. The molecular formula is C24H40O2. The molecule has 0 bridgehead atoms. The first-order valence-electron chi connectivity index (χ1n) is 11.1. The van der Waals surface area contributed by atoms with E-state index in [0.717, 1.165) is 6.42 Å². The van der Waals surface area contributed by atoms with E-state index in [0.29, 0.717) is 12.2 Å². The fraction of sp³-hybridized carbons (Fsp3) is 0.708. The van der Waals surface area contributed by atoms with Crippen LogP contribution in [0.25, 0.3) is 0 Å². The summed E-state index contributed by atoms with van der Waals surface area (Å²) in [5, 5.41) is 0. The second kappa shape index (κ2) is 15.9. The SMILES string of the molecule is CCCCCCCCCCCCCCCc1cccc(OC(=O)CC)c1. The number of ether oxygens (including phenoxy) is 1. The molecule has 0 amide bonds. The summed E-state index contributed by atoms with van der Waals surface area (Å²) in [5.74, 6) is 0.521. The van der Waals surface area contributed by atoms with E-state index in [1.165, 1.54) is 89.0 Å². The van der Waals surface area contributed by atoms with E-state index in [9.17, 15) is 4.79 Å². The molecule has 0 atom stereocenters. The van der Waals surface area contributed by atoms with Crippen LogP contribution in [0, 0.1) is 0 Å². The Balaban J connectivity index is 1.96. The van der Waals surface area contributed by atoms with E-state index in [1.807, 2.05) is 25.1 Å². The van der Waals surface area contributed by atoms with Crippen LogP contribution in [-0.4, -0.2) is 5.97 Å². The first kappa shape index (κ1) is 22.7. The first-order valence-corrected chi connectivity index (χ1v) is 11.1. The molecule has 0 aliphatic heterocycles. The molecule has 1 aromatic rings. The molecule has 0 saturated heterocycles. The molecule has 0 radical (unpaired) electrons. The molecule has 1 rings (SSSR count). The zero-order valence-electron chi connectivity index (χ0n) is 17.2. The van der Waals surface area contributed by atoms with Gasteiger partial charge in [-0.3, -0.25) is 4.79 Å². The summed E-state index contributed by atoms with van der Waals surface area (Å²) in [6, 6.07) is 7.98. The van der Waals surface area contributed by atoms with Crippen LogP contribution in [0.1, 0.15) is 109 Å². The van der Waals surface area contributed by atoms with Gasteiger partial charge in [-0.15, -0.1) is 0 Å². The van der Waals surface area contributed by atoms with Crippen LogP contribution in [0.3, 0.4) is 0 Å². The maximum absolute atomic E-state index is 11.4. The molecule has 0 unspecified atom stereocenters. The van der Waals surface area contributed by atoms with E-state index < -0.39 is 0 Å². The largest absolute Gasteiger partial charge is 0.427 e. The molecular weight excluding hydrogens is 320 g/mol. The van der Waals surface area contributed by atoms with E-state index >= 15 is 0 Å². The Morgan fingerprint density at radius 3 is 1.85 bits per heavy atom. The van der Waals surface area contributed by atoms with Crippen molar-refractivity contribution in [3.05, 3.63) is 29.8 Å². The Hall–Kier alpha value is -1.31. The van der Waals surface area contributed by atoms with Crippen LogP contribution in [0.2, 0.25) is 0 Å². The average Bonchev–Trinajstić information content (AvgIpc) is 2.65. The third kappa shape index (κ3) is 12.1. The van der Waals surface area contributed by atoms with Crippen LogP contribution in [0.4, 0.5) is 0 Å². The third-order valence-electron chi connectivity index (χ3n) is 4.99. The number of hydrogen-bond acceptors (Lipinski definition) is 2. The van der Waals surface area contributed by atoms with Crippen molar-refractivity contribution in [2.75, 3.05) is 0 Å². The van der Waals surface area contributed by atoms with Crippen LogP contribution in [0.5, 0.6) is 5.75 Å². The molecule has 2 nitrogen and oxygen atoms in total. The summed E-state index contributed by atoms with van der Waals surface area (Å²) in [6.45, 7) is 4.10. The van der Waals surface area contributed by atoms with E-state index in [4.69, 9.17) is 4.74 Å². The molecule has 0 spiro atoms. The van der Waals surface area contributed by atoms with Gasteiger partial charge in [-0.2, -0.15) is 0 Å². The number of carbonyl (C=O) groups excluding carboxylic acids is 1. The summed E-state index contributed by atoms with van der Waals surface area (Å²) in [5.41, 5.74) is 1.27. The van der Waals surface area contributed by atoms with Gasteiger partial charge in [0.1, 0.15) is 5.75 Å². The number of benzene rings is 1. The number of unbranched alkanes of at least 4 members (excludes halogenated alkanes) is 12. The zero-order chi connectivity index (χ0) is 18.9. The number of aryl methyl sites for hydroxylation is 1. The number of rotatable bonds is 16. The van der Waals surface area contributed by atoms with Gasteiger partial charge in [-0.1, -0.05) is 103 Å². The van der Waals surface area contributed by atoms with Crippen molar-refractivity contribution >= 4 is 5.97 Å². The van der Waals surface area contributed by atoms with Gasteiger partial charge in [0.05, 0.1) is 0 Å². The smallest absolute Gasteiger partial charge is 0.310 e. The Bertz CT molecular complexity index is 467. The molecule has 26 heavy (non-hydrogen) atoms. The van der Waals surface area contributed by atoms with Crippen LogP contribution < -0.4 is 4.74 Å². The minimum Gasteiger partial charge on any atom is -0.427 e. The first-order chi connectivity index (χ1) is 12.8. The summed E-state index contributed by atoms with van der Waals surface area (Å²) in [4.78, 5) is 11.4. The lowest BCUT2D eigenvalue weighted by Gasteiger charge is -2.06. The van der Waals surface area contributed by atoms with Gasteiger partial charge in [0.25, 0.3) is 0 Å². The molecule has 0 heterocycles. The van der Waals surface area contributed by atoms with Gasteiger partial charge in [0, 0.05) is 6.42 Å². The average molecular weight is 361 g/mol. The van der Waals surface area contributed by atoms with Crippen molar-refractivity contribution in [2.45, 2.75) is 110 Å². The van der Waals surface area contributed by atoms with Crippen molar-refractivity contribution in [2.24, 2.45) is 0 Å². The Labute approximate surface area is 161 Å². The maximum atomic E-state index is 11.4. The van der Waals surface area contributed by atoms with Crippen LogP contribution >= 0.6 is 0 Å². The lowest BCUT2D eigenvalue weighted by Crippen LogP contribution is -2.05. The minimum absolute atomic E-state index is 0.164. The topological polar surface area (TPSA) is 26.3 Å². The fourth-order valence-corrected chi connectivity index (χ4v) is 3.31. The summed E-state index contributed by atoms with van der Waals surface area (Å²) in [6.07, 6.45) is 19.5. The monoisotopic (exact) mass is 360 g/mol. The lowest BCUT2D eigenvalue weighted by molar-refractivity contribution is -0.134. The standard InChI is InChI=1S/C24H40O2/c1-3-5-6-7-8-9-10-11-12-13-14-15-16-18-22-19-17-20-23(21-22)26-24(25)4-2/h17,19-21H,3-16,18H2,1-2H3. The lowest BCUT2D eigenvalue weighted by atomic mass is 10.0. The van der Waals surface area contributed by atoms with Gasteiger partial charge < -0.3 is 4.74 Å². The van der Waals surface area contributed by atoms with Crippen molar-refractivity contribution in [1.82, 2.24) is 0 Å². The van der Waals surface area contributed by atoms with Crippen molar-refractivity contribution in [3.8, 4) is 5.75 Å². The summed E-state index contributed by atoms with van der Waals surface area (Å²) < 4.78 is 5.28. The van der Waals surface area contributed by atoms with Gasteiger partial charge in [-0.05, 0) is 30.5 Å². The highest BCUT2D eigenvalue weighted by molar-refractivity contribution is 5.71. The Kier molecular flexibility index (Phi) is 13.9. The highest BCUT2D eigenvalue weighted by Crippen LogP contribution is 2.17. The fourth-order valence-electron chi connectivity index (χ4n) is 3.31. The van der Waals surface area contributed by atoms with Gasteiger partial charge in [0.15, 0.2) is 0 Å². The van der Waals surface area contributed by atoms with Crippen molar-refractivity contribution in [1.29, 1.82) is 0 Å². The molecule has 0 aliphatic rings. The number of esters is 1. The Morgan fingerprint density at radius 2 is 1.31 bits per heavy atom. The van der Waals surface area contributed by atoms with Gasteiger partial charge in [-0.25, -0.2) is 0 Å². The molecule has 0 aliphatic carbocycles. The van der Waals surface area contributed by atoms with Crippen LogP contribution in [0.15, 0.2) is 24.3 Å². The quantitative estimate of drug-likeness (QED) is 0.172. The van der Waals surface area contributed by atoms with Crippen molar-refractivity contribution in [3.63, 3.8) is 0 Å². The number of carbonyl (C=O) groups is 1. The maximum Gasteiger partial charge on any atom is 0.310 e. The molecule has 0 fully saturated rings. The van der Waals surface area contributed by atoms with E-state index in [1.54, 1.807) is 0 Å². The normalized spacial score (nSPS) is 10.8. The molecule has 2 heteroatoms. The zero-order valence-corrected chi connectivity index (χ0v) is 17.2. The highest BCUT2D eigenvalue weighted by atomic mass is 16.5. The molecule has 148 valence electrons. The summed E-state index contributed by atoms with van der Waals surface area (Å²) >= 11 is 0. The molecule has 0 N–H and O–H groups in total. The second-order valence-corrected chi connectivity index (χ2v) is 7.47. The van der Waals surface area contributed by atoms with Crippen molar-refractivity contribution < 1.29 is 9.53 Å². The van der Waals surface area contributed by atoms with E-state index in [2.05, 4.69) is 13.0 Å². The highest BCUT2D eigenvalue weighted by Gasteiger charge is 2.02. The third-order valence-corrected chi connectivity index (χ3v) is 4.99. The van der Waals surface area contributed by atoms with E-state index in [-0.39, 0.29) is 5.97 Å². The van der Waals surface area contributed by atoms with Crippen LogP contribution in [-0.2, 0) is 11.2 Å². The second-order valence-electron chi connectivity index (χ2n) is 7.47. The molecule has 0 saturated carbocycles. The minimum atomic E-state index is -0.164. The molecule has 1 aromatic carbocycles. The summed E-state index contributed by atoms with van der Waals surface area (Å²) in [7, 11) is 0. The van der Waals surface area contributed by atoms with Gasteiger partial charge in [0.2, 0.25) is 0 Å². The predicted molar refractivity (Wildman–Crippen MR) is 112 cm³/mol. The Morgan fingerprint density at radius 1 is 0.769 bits per heavy atom.